The van der Waals surface area contributed by atoms with E-state index in [0.717, 1.165) is 12.8 Å². The standard InChI is InChI=1S/C8H10O4/c9-5-7(11)12-8(6-10)3-1-2-4-8/h5-6H,1-4H2. The van der Waals surface area contributed by atoms with E-state index in [4.69, 9.17) is 4.74 Å². The molecule has 12 heavy (non-hydrogen) atoms. The molecule has 4 heteroatoms. The average molecular weight is 170 g/mol. The molecule has 0 atom stereocenters. The molecule has 0 amide bonds. The molecule has 0 saturated heterocycles. The van der Waals surface area contributed by atoms with Crippen LogP contribution in [0.15, 0.2) is 0 Å². The summed E-state index contributed by atoms with van der Waals surface area (Å²) in [5.74, 6) is -0.955. The summed E-state index contributed by atoms with van der Waals surface area (Å²) in [6, 6.07) is 0. The van der Waals surface area contributed by atoms with Crippen molar-refractivity contribution < 1.29 is 19.1 Å². The number of rotatable bonds is 3. The van der Waals surface area contributed by atoms with Gasteiger partial charge in [0.15, 0.2) is 11.9 Å². The highest BCUT2D eigenvalue weighted by Crippen LogP contribution is 2.31. The number of aldehydes is 2. The Balaban J connectivity index is 2.61. The summed E-state index contributed by atoms with van der Waals surface area (Å²) in [6.07, 6.45) is 3.52. The maximum Gasteiger partial charge on any atom is 0.372 e. The van der Waals surface area contributed by atoms with Gasteiger partial charge in [0.05, 0.1) is 0 Å². The lowest BCUT2D eigenvalue weighted by Gasteiger charge is -2.20. The largest absolute Gasteiger partial charge is 0.446 e. The van der Waals surface area contributed by atoms with Gasteiger partial charge in [0.1, 0.15) is 0 Å². The minimum absolute atomic E-state index is 0.0869. The van der Waals surface area contributed by atoms with Gasteiger partial charge in [-0.3, -0.25) is 9.59 Å². The van der Waals surface area contributed by atoms with Gasteiger partial charge in [-0.2, -0.15) is 0 Å². The highest BCUT2D eigenvalue weighted by atomic mass is 16.6. The van der Waals surface area contributed by atoms with E-state index in [0.29, 0.717) is 19.1 Å². The van der Waals surface area contributed by atoms with Crippen LogP contribution in [-0.4, -0.2) is 24.1 Å². The Morgan fingerprint density at radius 2 is 1.83 bits per heavy atom. The fourth-order valence-corrected chi connectivity index (χ4v) is 1.44. The summed E-state index contributed by atoms with van der Waals surface area (Å²) < 4.78 is 4.72. The molecule has 0 aromatic carbocycles. The zero-order valence-corrected chi connectivity index (χ0v) is 6.62. The van der Waals surface area contributed by atoms with E-state index in [-0.39, 0.29) is 6.29 Å². The first kappa shape index (κ1) is 8.90. The molecule has 66 valence electrons. The quantitative estimate of drug-likeness (QED) is 0.346. The SMILES string of the molecule is O=CC(=O)OC1(C=O)CCCC1. The van der Waals surface area contributed by atoms with Crippen LogP contribution in [0.2, 0.25) is 0 Å². The third-order valence-electron chi connectivity index (χ3n) is 2.06. The molecule has 4 nitrogen and oxygen atoms in total. The molecule has 0 spiro atoms. The molecule has 1 rings (SSSR count). The Morgan fingerprint density at radius 3 is 2.25 bits per heavy atom. The van der Waals surface area contributed by atoms with E-state index in [1.165, 1.54) is 0 Å². The predicted molar refractivity (Wildman–Crippen MR) is 39.4 cm³/mol. The van der Waals surface area contributed by atoms with Crippen molar-refractivity contribution in [1.29, 1.82) is 0 Å². The van der Waals surface area contributed by atoms with Crippen molar-refractivity contribution in [3.8, 4) is 0 Å². The molecule has 1 aliphatic carbocycles. The third-order valence-corrected chi connectivity index (χ3v) is 2.06. The number of carbonyl (C=O) groups is 3. The van der Waals surface area contributed by atoms with Crippen LogP contribution in [0.4, 0.5) is 0 Å². The molecule has 0 bridgehead atoms. The topological polar surface area (TPSA) is 60.4 Å². The van der Waals surface area contributed by atoms with E-state index in [1.54, 1.807) is 0 Å². The minimum atomic E-state index is -1.00. The van der Waals surface area contributed by atoms with Crippen molar-refractivity contribution in [1.82, 2.24) is 0 Å². The highest BCUT2D eigenvalue weighted by Gasteiger charge is 2.37. The first-order chi connectivity index (χ1) is 5.72. The Bertz CT molecular complexity index is 203. The van der Waals surface area contributed by atoms with Crippen molar-refractivity contribution in [2.45, 2.75) is 31.3 Å². The van der Waals surface area contributed by atoms with Crippen LogP contribution >= 0.6 is 0 Å². The van der Waals surface area contributed by atoms with E-state index in [1.807, 2.05) is 0 Å². The molecule has 0 aromatic rings. The monoisotopic (exact) mass is 170 g/mol. The highest BCUT2D eigenvalue weighted by molar-refractivity contribution is 6.20. The van der Waals surface area contributed by atoms with Gasteiger partial charge in [-0.05, 0) is 25.7 Å². The second-order valence-electron chi connectivity index (χ2n) is 2.93. The molecule has 0 N–H and O–H groups in total. The van der Waals surface area contributed by atoms with Crippen molar-refractivity contribution in [2.24, 2.45) is 0 Å². The predicted octanol–water partition coefficient (Wildman–Crippen LogP) is 0.240. The summed E-state index contributed by atoms with van der Waals surface area (Å²) in [7, 11) is 0. The van der Waals surface area contributed by atoms with Gasteiger partial charge < -0.3 is 4.74 Å². The molecule has 0 unspecified atom stereocenters. The number of ether oxygens (including phenoxy) is 1. The second kappa shape index (κ2) is 3.47. The van der Waals surface area contributed by atoms with Crippen LogP contribution in [0.3, 0.4) is 0 Å². The maximum absolute atomic E-state index is 10.6. The molecular formula is C8H10O4. The lowest BCUT2D eigenvalue weighted by molar-refractivity contribution is -0.163. The first-order valence-corrected chi connectivity index (χ1v) is 3.87. The van der Waals surface area contributed by atoms with Crippen molar-refractivity contribution >= 4 is 18.5 Å². The van der Waals surface area contributed by atoms with Gasteiger partial charge >= 0.3 is 5.97 Å². The normalized spacial score (nSPS) is 20.0. The van der Waals surface area contributed by atoms with Crippen LogP contribution < -0.4 is 0 Å². The molecular weight excluding hydrogens is 160 g/mol. The fraction of sp³-hybridized carbons (Fsp3) is 0.625. The molecule has 1 fully saturated rings. The van der Waals surface area contributed by atoms with Crippen LogP contribution in [-0.2, 0) is 19.1 Å². The Hall–Kier alpha value is -1.19. The fourth-order valence-electron chi connectivity index (χ4n) is 1.44. The van der Waals surface area contributed by atoms with Crippen molar-refractivity contribution in [2.75, 3.05) is 0 Å². The van der Waals surface area contributed by atoms with Crippen LogP contribution in [0.25, 0.3) is 0 Å². The Morgan fingerprint density at radius 1 is 1.25 bits per heavy atom. The van der Waals surface area contributed by atoms with Crippen molar-refractivity contribution in [3.63, 3.8) is 0 Å². The first-order valence-electron chi connectivity index (χ1n) is 3.87. The number of hydrogen-bond acceptors (Lipinski definition) is 4. The maximum atomic E-state index is 10.6. The second-order valence-corrected chi connectivity index (χ2v) is 2.93. The summed E-state index contributed by atoms with van der Waals surface area (Å²) in [5.41, 5.74) is -1.00. The summed E-state index contributed by atoms with van der Waals surface area (Å²) in [6.45, 7) is 0. The molecule has 0 aliphatic heterocycles. The summed E-state index contributed by atoms with van der Waals surface area (Å²) >= 11 is 0. The van der Waals surface area contributed by atoms with E-state index >= 15 is 0 Å². The summed E-state index contributed by atoms with van der Waals surface area (Å²) in [5, 5.41) is 0. The van der Waals surface area contributed by atoms with Crippen LogP contribution in [0.5, 0.6) is 0 Å². The molecule has 0 heterocycles. The zero-order chi connectivity index (χ0) is 9.03. The smallest absolute Gasteiger partial charge is 0.372 e. The van der Waals surface area contributed by atoms with E-state index in [2.05, 4.69) is 0 Å². The molecule has 0 aromatic heterocycles. The lowest BCUT2D eigenvalue weighted by atomic mass is 10.1. The number of carbonyl (C=O) groups excluding carboxylic acids is 3. The number of hydrogen-bond donors (Lipinski definition) is 0. The van der Waals surface area contributed by atoms with Gasteiger partial charge in [-0.15, -0.1) is 0 Å². The van der Waals surface area contributed by atoms with Crippen LogP contribution in [0.1, 0.15) is 25.7 Å². The lowest BCUT2D eigenvalue weighted by Crippen LogP contribution is -2.33. The van der Waals surface area contributed by atoms with Gasteiger partial charge in [0.25, 0.3) is 0 Å². The third kappa shape index (κ3) is 1.69. The molecule has 0 radical (unpaired) electrons. The van der Waals surface area contributed by atoms with E-state index < -0.39 is 11.6 Å². The number of esters is 1. The average Bonchev–Trinajstić information content (AvgIpc) is 2.54. The van der Waals surface area contributed by atoms with Gasteiger partial charge in [-0.1, -0.05) is 0 Å². The van der Waals surface area contributed by atoms with Crippen LogP contribution in [0, 0.1) is 0 Å². The zero-order valence-electron chi connectivity index (χ0n) is 6.62. The Labute approximate surface area is 69.9 Å². The van der Waals surface area contributed by atoms with E-state index in [9.17, 15) is 14.4 Å². The summed E-state index contributed by atoms with van der Waals surface area (Å²) in [4.78, 5) is 31.1. The minimum Gasteiger partial charge on any atom is -0.446 e. The van der Waals surface area contributed by atoms with Gasteiger partial charge in [-0.25, -0.2) is 4.79 Å². The Kier molecular flexibility index (Phi) is 2.58. The molecule has 1 aliphatic rings. The van der Waals surface area contributed by atoms with Gasteiger partial charge in [0.2, 0.25) is 6.29 Å². The molecule has 1 saturated carbocycles. The van der Waals surface area contributed by atoms with Gasteiger partial charge in [0, 0.05) is 0 Å². The van der Waals surface area contributed by atoms with Crippen molar-refractivity contribution in [3.05, 3.63) is 0 Å².